The standard InChI is InChI=1S/C12H15BrN2O3/c13-8-3-1-2-4-9(8)14-12(18)7-15-5-10(16)11(17)6-15/h1-4,10-11,16-17H,5-7H2,(H,14,18). The van der Waals surface area contributed by atoms with Crippen LogP contribution in [0.15, 0.2) is 28.7 Å². The topological polar surface area (TPSA) is 72.8 Å². The predicted molar refractivity (Wildman–Crippen MR) is 71.2 cm³/mol. The maximum absolute atomic E-state index is 11.8. The molecule has 98 valence electrons. The summed E-state index contributed by atoms with van der Waals surface area (Å²) in [6.07, 6.45) is -1.53. The Morgan fingerprint density at radius 1 is 1.33 bits per heavy atom. The van der Waals surface area contributed by atoms with Gasteiger partial charge in [0.1, 0.15) is 0 Å². The molecule has 2 unspecified atom stereocenters. The number of hydrogen-bond donors (Lipinski definition) is 3. The largest absolute Gasteiger partial charge is 0.389 e. The Labute approximate surface area is 114 Å². The molecule has 3 N–H and O–H groups in total. The van der Waals surface area contributed by atoms with Crippen molar-refractivity contribution in [1.29, 1.82) is 0 Å². The van der Waals surface area contributed by atoms with Gasteiger partial charge in [-0.15, -0.1) is 0 Å². The van der Waals surface area contributed by atoms with Crippen molar-refractivity contribution >= 4 is 27.5 Å². The van der Waals surface area contributed by atoms with E-state index in [1.807, 2.05) is 18.2 Å². The van der Waals surface area contributed by atoms with Crippen LogP contribution in [-0.2, 0) is 4.79 Å². The number of β-amino-alcohol motifs (C(OH)–C–C–N with tert-alkyl or cyclic N) is 2. The Hall–Kier alpha value is -0.950. The van der Waals surface area contributed by atoms with E-state index in [9.17, 15) is 15.0 Å². The van der Waals surface area contributed by atoms with Gasteiger partial charge in [0.25, 0.3) is 0 Å². The van der Waals surface area contributed by atoms with Gasteiger partial charge >= 0.3 is 0 Å². The van der Waals surface area contributed by atoms with Gasteiger partial charge in [-0.05, 0) is 28.1 Å². The lowest BCUT2D eigenvalue weighted by molar-refractivity contribution is -0.117. The van der Waals surface area contributed by atoms with E-state index in [0.717, 1.165) is 4.47 Å². The number of hydrogen-bond acceptors (Lipinski definition) is 4. The monoisotopic (exact) mass is 314 g/mol. The zero-order chi connectivity index (χ0) is 13.1. The van der Waals surface area contributed by atoms with E-state index < -0.39 is 12.2 Å². The van der Waals surface area contributed by atoms with Gasteiger partial charge in [0, 0.05) is 17.6 Å². The highest BCUT2D eigenvalue weighted by atomic mass is 79.9. The van der Waals surface area contributed by atoms with Gasteiger partial charge < -0.3 is 15.5 Å². The number of amides is 1. The second-order valence-electron chi connectivity index (χ2n) is 4.36. The number of halogens is 1. The van der Waals surface area contributed by atoms with Crippen LogP contribution in [0.5, 0.6) is 0 Å². The minimum atomic E-state index is -0.763. The molecule has 6 heteroatoms. The van der Waals surface area contributed by atoms with Crippen LogP contribution in [0.4, 0.5) is 5.69 Å². The number of para-hydroxylation sites is 1. The van der Waals surface area contributed by atoms with E-state index in [2.05, 4.69) is 21.2 Å². The summed E-state index contributed by atoms with van der Waals surface area (Å²) in [6.45, 7) is 0.810. The number of aliphatic hydroxyl groups is 2. The first kappa shape index (κ1) is 13.5. The Morgan fingerprint density at radius 3 is 2.56 bits per heavy atom. The lowest BCUT2D eigenvalue weighted by Crippen LogP contribution is -2.32. The van der Waals surface area contributed by atoms with E-state index in [1.54, 1.807) is 11.0 Å². The van der Waals surface area contributed by atoms with Gasteiger partial charge in [0.05, 0.1) is 24.4 Å². The highest BCUT2D eigenvalue weighted by molar-refractivity contribution is 9.10. The predicted octanol–water partition coefficient (Wildman–Crippen LogP) is 0.425. The van der Waals surface area contributed by atoms with Gasteiger partial charge in [0.15, 0.2) is 0 Å². The van der Waals surface area contributed by atoms with Crippen LogP contribution in [0.2, 0.25) is 0 Å². The molecular formula is C12H15BrN2O3. The van der Waals surface area contributed by atoms with Crippen molar-refractivity contribution in [3.8, 4) is 0 Å². The fourth-order valence-electron chi connectivity index (χ4n) is 1.93. The van der Waals surface area contributed by atoms with Crippen molar-refractivity contribution in [3.63, 3.8) is 0 Å². The molecule has 1 amide bonds. The summed E-state index contributed by atoms with van der Waals surface area (Å²) in [5.74, 6) is -0.164. The zero-order valence-electron chi connectivity index (χ0n) is 9.71. The second-order valence-corrected chi connectivity index (χ2v) is 5.21. The number of nitrogens with zero attached hydrogens (tertiary/aromatic N) is 1. The Morgan fingerprint density at radius 2 is 1.94 bits per heavy atom. The molecule has 1 aromatic rings. The van der Waals surface area contributed by atoms with Crippen LogP contribution in [0.25, 0.3) is 0 Å². The lowest BCUT2D eigenvalue weighted by atomic mass is 10.3. The highest BCUT2D eigenvalue weighted by Crippen LogP contribution is 2.21. The molecule has 0 aliphatic carbocycles. The van der Waals surface area contributed by atoms with E-state index in [1.165, 1.54) is 0 Å². The van der Waals surface area contributed by atoms with Gasteiger partial charge in [-0.3, -0.25) is 9.69 Å². The molecule has 1 saturated heterocycles. The van der Waals surface area contributed by atoms with Crippen molar-refractivity contribution in [2.75, 3.05) is 25.0 Å². The first-order valence-electron chi connectivity index (χ1n) is 5.69. The van der Waals surface area contributed by atoms with E-state index in [-0.39, 0.29) is 12.5 Å². The molecule has 2 rings (SSSR count). The van der Waals surface area contributed by atoms with Gasteiger partial charge in [-0.25, -0.2) is 0 Å². The molecule has 2 atom stereocenters. The molecule has 1 aliphatic heterocycles. The van der Waals surface area contributed by atoms with Gasteiger partial charge in [-0.2, -0.15) is 0 Å². The minimum Gasteiger partial charge on any atom is -0.389 e. The van der Waals surface area contributed by atoms with E-state index >= 15 is 0 Å². The highest BCUT2D eigenvalue weighted by Gasteiger charge is 2.30. The normalized spacial score (nSPS) is 24.2. The third-order valence-electron chi connectivity index (χ3n) is 2.85. The summed E-state index contributed by atoms with van der Waals surface area (Å²) >= 11 is 3.35. The molecule has 1 fully saturated rings. The summed E-state index contributed by atoms with van der Waals surface area (Å²) in [7, 11) is 0. The van der Waals surface area contributed by atoms with Crippen LogP contribution >= 0.6 is 15.9 Å². The van der Waals surface area contributed by atoms with Crippen LogP contribution in [0.3, 0.4) is 0 Å². The molecule has 1 heterocycles. The lowest BCUT2D eigenvalue weighted by Gasteiger charge is -2.14. The smallest absolute Gasteiger partial charge is 0.238 e. The fourth-order valence-corrected chi connectivity index (χ4v) is 2.32. The summed E-state index contributed by atoms with van der Waals surface area (Å²) in [5, 5.41) is 21.5. The van der Waals surface area contributed by atoms with E-state index in [0.29, 0.717) is 18.8 Å². The van der Waals surface area contributed by atoms with Crippen molar-refractivity contribution in [2.24, 2.45) is 0 Å². The number of rotatable bonds is 3. The zero-order valence-corrected chi connectivity index (χ0v) is 11.3. The summed E-state index contributed by atoms with van der Waals surface area (Å²) < 4.78 is 0.819. The summed E-state index contributed by atoms with van der Waals surface area (Å²) in [5.41, 5.74) is 0.711. The number of carbonyl (C=O) groups excluding carboxylic acids is 1. The summed E-state index contributed by atoms with van der Waals surface area (Å²) in [4.78, 5) is 13.5. The molecule has 0 aromatic heterocycles. The van der Waals surface area contributed by atoms with Crippen LogP contribution in [0, 0.1) is 0 Å². The molecule has 5 nitrogen and oxygen atoms in total. The quantitative estimate of drug-likeness (QED) is 0.756. The molecular weight excluding hydrogens is 300 g/mol. The number of likely N-dealkylation sites (tertiary alicyclic amines) is 1. The minimum absolute atomic E-state index is 0.162. The molecule has 1 aliphatic rings. The Balaban J connectivity index is 1.88. The van der Waals surface area contributed by atoms with Crippen molar-refractivity contribution in [2.45, 2.75) is 12.2 Å². The number of anilines is 1. The van der Waals surface area contributed by atoms with Crippen LogP contribution in [0.1, 0.15) is 0 Å². The second kappa shape index (κ2) is 5.79. The maximum atomic E-state index is 11.8. The maximum Gasteiger partial charge on any atom is 0.238 e. The first-order valence-corrected chi connectivity index (χ1v) is 6.48. The van der Waals surface area contributed by atoms with Gasteiger partial charge in [-0.1, -0.05) is 12.1 Å². The van der Waals surface area contributed by atoms with E-state index in [4.69, 9.17) is 0 Å². The fraction of sp³-hybridized carbons (Fsp3) is 0.417. The molecule has 0 spiro atoms. The summed E-state index contributed by atoms with van der Waals surface area (Å²) in [6, 6.07) is 7.35. The average Bonchev–Trinajstić information content (AvgIpc) is 2.61. The number of aliphatic hydroxyl groups excluding tert-OH is 2. The Bertz CT molecular complexity index is 431. The van der Waals surface area contributed by atoms with Crippen molar-refractivity contribution in [1.82, 2.24) is 4.90 Å². The first-order chi connectivity index (χ1) is 8.56. The van der Waals surface area contributed by atoms with Crippen molar-refractivity contribution in [3.05, 3.63) is 28.7 Å². The number of nitrogens with one attached hydrogen (secondary N) is 1. The van der Waals surface area contributed by atoms with Crippen LogP contribution < -0.4 is 5.32 Å². The molecule has 0 saturated carbocycles. The van der Waals surface area contributed by atoms with Crippen molar-refractivity contribution < 1.29 is 15.0 Å². The number of benzene rings is 1. The molecule has 18 heavy (non-hydrogen) atoms. The third-order valence-corrected chi connectivity index (χ3v) is 3.54. The number of carbonyl (C=O) groups is 1. The average molecular weight is 315 g/mol. The molecule has 1 aromatic carbocycles. The van der Waals surface area contributed by atoms with Crippen LogP contribution in [-0.4, -0.2) is 52.9 Å². The van der Waals surface area contributed by atoms with Gasteiger partial charge in [0.2, 0.25) is 5.91 Å². The SMILES string of the molecule is O=C(CN1CC(O)C(O)C1)Nc1ccccc1Br. The molecule has 0 bridgehead atoms. The Kier molecular flexibility index (Phi) is 4.34. The third kappa shape index (κ3) is 3.29. The molecule has 0 radical (unpaired) electrons.